The highest BCUT2D eigenvalue weighted by Crippen LogP contribution is 2.15. The Hall–Kier alpha value is -1.26. The van der Waals surface area contributed by atoms with Gasteiger partial charge in [-0.25, -0.2) is 9.59 Å². The minimum atomic E-state index is -0.477. The molecule has 1 rings (SSSR count). The topological polar surface area (TPSA) is 58.6 Å². The number of methoxy groups -OCH3 is 1. The van der Waals surface area contributed by atoms with E-state index < -0.39 is 6.04 Å². The molecule has 5 heteroatoms. The van der Waals surface area contributed by atoms with Gasteiger partial charge in [0.05, 0.1) is 7.11 Å². The Balaban J connectivity index is 2.78. The summed E-state index contributed by atoms with van der Waals surface area (Å²) in [5.41, 5.74) is 0. The number of nitrogens with one attached hydrogen (secondary N) is 1. The van der Waals surface area contributed by atoms with Gasteiger partial charge in [-0.15, -0.1) is 0 Å². The fourth-order valence-electron chi connectivity index (χ4n) is 1.79. The summed E-state index contributed by atoms with van der Waals surface area (Å²) in [6.07, 6.45) is 0.867. The lowest BCUT2D eigenvalue weighted by Crippen LogP contribution is -2.55. The standard InChI is InChI=1S/C10H18N2O3/c1-7(2)8(9(13)15-3)12-6-4-5-11-10(12)14/h7-8H,4-6H2,1-3H3,(H,11,14). The molecule has 0 spiro atoms. The van der Waals surface area contributed by atoms with E-state index in [1.54, 1.807) is 4.90 Å². The molecule has 0 radical (unpaired) electrons. The SMILES string of the molecule is COC(=O)C(C(C)C)N1CCCNC1=O. The molecule has 2 amide bonds. The summed E-state index contributed by atoms with van der Waals surface area (Å²) in [6.45, 7) is 5.11. The van der Waals surface area contributed by atoms with Gasteiger partial charge in [-0.3, -0.25) is 0 Å². The van der Waals surface area contributed by atoms with Crippen LogP contribution < -0.4 is 5.32 Å². The summed E-state index contributed by atoms with van der Waals surface area (Å²) in [5.74, 6) is -0.289. The lowest BCUT2D eigenvalue weighted by Gasteiger charge is -2.35. The number of hydrogen-bond donors (Lipinski definition) is 1. The molecule has 0 aromatic heterocycles. The van der Waals surface area contributed by atoms with E-state index in [9.17, 15) is 9.59 Å². The van der Waals surface area contributed by atoms with Crippen molar-refractivity contribution in [3.63, 3.8) is 0 Å². The van der Waals surface area contributed by atoms with E-state index in [1.807, 2.05) is 13.8 Å². The summed E-state index contributed by atoms with van der Waals surface area (Å²) < 4.78 is 4.71. The second-order valence-electron chi connectivity index (χ2n) is 3.99. The molecule has 1 atom stereocenters. The van der Waals surface area contributed by atoms with Gasteiger partial charge in [-0.1, -0.05) is 13.8 Å². The second-order valence-corrected chi connectivity index (χ2v) is 3.99. The van der Waals surface area contributed by atoms with Crippen molar-refractivity contribution in [3.8, 4) is 0 Å². The minimum Gasteiger partial charge on any atom is -0.467 e. The van der Waals surface area contributed by atoms with Crippen LogP contribution in [0.4, 0.5) is 4.79 Å². The maximum atomic E-state index is 11.6. The molecule has 0 saturated carbocycles. The predicted octanol–water partition coefficient (Wildman–Crippen LogP) is 0.599. The molecule has 0 aromatic carbocycles. The van der Waals surface area contributed by atoms with Gasteiger partial charge in [0, 0.05) is 13.1 Å². The molecule has 1 fully saturated rings. The van der Waals surface area contributed by atoms with Crippen LogP contribution in [0, 0.1) is 5.92 Å². The average molecular weight is 214 g/mol. The highest BCUT2D eigenvalue weighted by atomic mass is 16.5. The molecule has 15 heavy (non-hydrogen) atoms. The molecule has 5 nitrogen and oxygen atoms in total. The maximum Gasteiger partial charge on any atom is 0.328 e. The molecule has 1 N–H and O–H groups in total. The van der Waals surface area contributed by atoms with Crippen molar-refractivity contribution in [1.82, 2.24) is 10.2 Å². The molecule has 0 aliphatic carbocycles. The van der Waals surface area contributed by atoms with E-state index >= 15 is 0 Å². The number of carbonyl (C=O) groups is 2. The zero-order valence-electron chi connectivity index (χ0n) is 9.45. The smallest absolute Gasteiger partial charge is 0.328 e. The van der Waals surface area contributed by atoms with Gasteiger partial charge in [0.1, 0.15) is 6.04 Å². The first-order valence-corrected chi connectivity index (χ1v) is 5.20. The van der Waals surface area contributed by atoms with Crippen LogP contribution in [0.15, 0.2) is 0 Å². The van der Waals surface area contributed by atoms with Crippen molar-refractivity contribution in [2.45, 2.75) is 26.3 Å². The Morgan fingerprint density at radius 3 is 2.67 bits per heavy atom. The van der Waals surface area contributed by atoms with Crippen LogP contribution in [-0.4, -0.2) is 43.1 Å². The predicted molar refractivity (Wildman–Crippen MR) is 55.4 cm³/mol. The van der Waals surface area contributed by atoms with Crippen molar-refractivity contribution >= 4 is 12.0 Å². The van der Waals surface area contributed by atoms with Crippen molar-refractivity contribution in [1.29, 1.82) is 0 Å². The van der Waals surface area contributed by atoms with Crippen molar-refractivity contribution < 1.29 is 14.3 Å². The number of rotatable bonds is 3. The Morgan fingerprint density at radius 1 is 1.53 bits per heavy atom. The number of hydrogen-bond acceptors (Lipinski definition) is 3. The lowest BCUT2D eigenvalue weighted by atomic mass is 10.0. The Labute approximate surface area is 89.8 Å². The highest BCUT2D eigenvalue weighted by Gasteiger charge is 2.34. The van der Waals surface area contributed by atoms with Gasteiger partial charge in [0.15, 0.2) is 0 Å². The lowest BCUT2D eigenvalue weighted by molar-refractivity contribution is -0.147. The first-order valence-electron chi connectivity index (χ1n) is 5.20. The van der Waals surface area contributed by atoms with Crippen molar-refractivity contribution in [3.05, 3.63) is 0 Å². The van der Waals surface area contributed by atoms with Crippen molar-refractivity contribution in [2.24, 2.45) is 5.92 Å². The second kappa shape index (κ2) is 5.00. The molecule has 86 valence electrons. The summed E-state index contributed by atoms with van der Waals surface area (Å²) in [5, 5.41) is 2.73. The van der Waals surface area contributed by atoms with Crippen LogP contribution >= 0.6 is 0 Å². The third-order valence-electron chi connectivity index (χ3n) is 2.52. The third kappa shape index (κ3) is 2.61. The minimum absolute atomic E-state index is 0.0568. The van der Waals surface area contributed by atoms with Crippen LogP contribution in [0.3, 0.4) is 0 Å². The van der Waals surface area contributed by atoms with Crippen LogP contribution in [0.25, 0.3) is 0 Å². The normalized spacial score (nSPS) is 18.7. The summed E-state index contributed by atoms with van der Waals surface area (Å²) >= 11 is 0. The average Bonchev–Trinajstić information content (AvgIpc) is 2.20. The van der Waals surface area contributed by atoms with Gasteiger partial charge in [0.25, 0.3) is 0 Å². The Bertz CT molecular complexity index is 253. The quantitative estimate of drug-likeness (QED) is 0.700. The maximum absolute atomic E-state index is 11.6. The summed E-state index contributed by atoms with van der Waals surface area (Å²) in [7, 11) is 1.35. The zero-order valence-corrected chi connectivity index (χ0v) is 9.45. The Morgan fingerprint density at radius 2 is 2.20 bits per heavy atom. The fraction of sp³-hybridized carbons (Fsp3) is 0.800. The highest BCUT2D eigenvalue weighted by molar-refractivity contribution is 5.84. The van der Waals surface area contributed by atoms with Gasteiger partial charge < -0.3 is 15.0 Å². The van der Waals surface area contributed by atoms with Crippen LogP contribution in [-0.2, 0) is 9.53 Å². The number of nitrogens with zero attached hydrogens (tertiary/aromatic N) is 1. The number of amides is 2. The van der Waals surface area contributed by atoms with Gasteiger partial charge >= 0.3 is 12.0 Å². The molecular weight excluding hydrogens is 196 g/mol. The molecule has 1 aliphatic rings. The van der Waals surface area contributed by atoms with E-state index in [1.165, 1.54) is 7.11 Å². The van der Waals surface area contributed by atoms with E-state index in [2.05, 4.69) is 5.32 Å². The van der Waals surface area contributed by atoms with E-state index in [0.717, 1.165) is 6.42 Å². The fourth-order valence-corrected chi connectivity index (χ4v) is 1.79. The first-order chi connectivity index (χ1) is 7.07. The van der Waals surface area contributed by atoms with Crippen molar-refractivity contribution in [2.75, 3.05) is 20.2 Å². The number of carbonyl (C=O) groups excluding carboxylic acids is 2. The monoisotopic (exact) mass is 214 g/mol. The summed E-state index contributed by atoms with van der Waals surface area (Å²) in [4.78, 5) is 24.7. The molecule has 1 heterocycles. The number of ether oxygens (including phenoxy) is 1. The molecule has 1 aliphatic heterocycles. The molecular formula is C10H18N2O3. The van der Waals surface area contributed by atoms with Crippen LogP contribution in [0.1, 0.15) is 20.3 Å². The summed E-state index contributed by atoms with van der Waals surface area (Å²) in [6, 6.07) is -0.652. The molecule has 1 unspecified atom stereocenters. The third-order valence-corrected chi connectivity index (χ3v) is 2.52. The zero-order chi connectivity index (χ0) is 11.4. The van der Waals surface area contributed by atoms with E-state index in [4.69, 9.17) is 4.74 Å². The number of urea groups is 1. The van der Waals surface area contributed by atoms with Gasteiger partial charge in [0.2, 0.25) is 0 Å². The van der Waals surface area contributed by atoms with Gasteiger partial charge in [-0.2, -0.15) is 0 Å². The van der Waals surface area contributed by atoms with Crippen LogP contribution in [0.2, 0.25) is 0 Å². The largest absolute Gasteiger partial charge is 0.467 e. The molecule has 1 saturated heterocycles. The molecule has 0 bridgehead atoms. The number of esters is 1. The van der Waals surface area contributed by atoms with Gasteiger partial charge in [-0.05, 0) is 12.3 Å². The van der Waals surface area contributed by atoms with Crippen LogP contribution in [0.5, 0.6) is 0 Å². The first kappa shape index (κ1) is 11.8. The molecule has 0 aromatic rings. The van der Waals surface area contributed by atoms with E-state index in [0.29, 0.717) is 13.1 Å². The Kier molecular flexibility index (Phi) is 3.94. The van der Waals surface area contributed by atoms with E-state index in [-0.39, 0.29) is 17.9 Å².